The van der Waals surface area contributed by atoms with E-state index in [1.54, 1.807) is 11.1 Å². The number of allylic oxidation sites excluding steroid dienone is 3. The maximum absolute atomic E-state index is 6.69. The third kappa shape index (κ3) is 7.05. The first-order valence-corrected chi connectivity index (χ1v) is 20.8. The highest BCUT2D eigenvalue weighted by Gasteiger charge is 2.57. The second-order valence-corrected chi connectivity index (χ2v) is 18.8. The summed E-state index contributed by atoms with van der Waals surface area (Å²) in [5.41, 5.74) is 8.05. The van der Waals surface area contributed by atoms with Crippen molar-refractivity contribution in [2.75, 3.05) is 0 Å². The molecule has 278 valence electrons. The summed E-state index contributed by atoms with van der Waals surface area (Å²) in [5, 5.41) is 0. The van der Waals surface area contributed by atoms with E-state index in [0.717, 1.165) is 29.8 Å². The van der Waals surface area contributed by atoms with Crippen molar-refractivity contribution in [3.05, 3.63) is 119 Å². The molecule has 3 aromatic carbocycles. The Morgan fingerprint density at radius 2 is 1.40 bits per heavy atom. The van der Waals surface area contributed by atoms with Crippen LogP contribution in [0, 0.1) is 45.3 Å². The molecule has 4 aliphatic rings. The van der Waals surface area contributed by atoms with E-state index in [4.69, 9.17) is 16.1 Å². The first-order chi connectivity index (χ1) is 24.9. The van der Waals surface area contributed by atoms with Gasteiger partial charge in [-0.2, -0.15) is 0 Å². The molecule has 3 saturated carbocycles. The Labute approximate surface area is 316 Å². The average Bonchev–Trinajstić information content (AvgIpc) is 3.14. The number of benzene rings is 3. The van der Waals surface area contributed by atoms with Crippen LogP contribution in [-0.4, -0.2) is 0 Å². The van der Waals surface area contributed by atoms with Crippen molar-refractivity contribution >= 4 is 0 Å². The molecule has 3 aromatic rings. The van der Waals surface area contributed by atoms with Gasteiger partial charge < -0.3 is 9.47 Å². The van der Waals surface area contributed by atoms with E-state index in [-0.39, 0.29) is 10.8 Å². The molecule has 0 spiro atoms. The Kier molecular flexibility index (Phi) is 10.6. The van der Waals surface area contributed by atoms with E-state index in [9.17, 15) is 0 Å². The van der Waals surface area contributed by atoms with E-state index in [0.29, 0.717) is 35.9 Å². The summed E-state index contributed by atoms with van der Waals surface area (Å²) in [6, 6.07) is 27.7. The lowest BCUT2D eigenvalue weighted by Crippen LogP contribution is -2.53. The molecule has 0 heterocycles. The second-order valence-electron chi connectivity index (χ2n) is 18.8. The Hall–Kier alpha value is -3.26. The molecule has 0 radical (unpaired) electrons. The molecular weight excluding hydrogens is 633 g/mol. The Morgan fingerprint density at radius 3 is 2.12 bits per heavy atom. The molecular formula is C50H66O2. The molecule has 2 nitrogen and oxygen atoms in total. The van der Waals surface area contributed by atoms with Gasteiger partial charge in [0, 0.05) is 0 Å². The summed E-state index contributed by atoms with van der Waals surface area (Å²) in [4.78, 5) is 0. The number of fused-ring (bicyclic) bond motifs is 2. The zero-order valence-corrected chi connectivity index (χ0v) is 33.3. The van der Waals surface area contributed by atoms with Crippen LogP contribution in [-0.2, 0) is 19.6 Å². The van der Waals surface area contributed by atoms with Crippen molar-refractivity contribution in [2.24, 2.45) is 45.3 Å². The SMILES string of the molecule is C=C1CCC[C@@H]2[C@@]1(CC[C@@]1(C)[C@@H]3CCCC(C)(C)C3=CC[C@@H]1C)CC[C@@H](C)[C@@]2(C)Cc1cc(OCc2ccccc2)ccc1OCc1ccccc1. The van der Waals surface area contributed by atoms with E-state index >= 15 is 0 Å². The van der Waals surface area contributed by atoms with Crippen molar-refractivity contribution in [1.82, 2.24) is 0 Å². The largest absolute Gasteiger partial charge is 0.489 e. The van der Waals surface area contributed by atoms with Gasteiger partial charge in [-0.3, -0.25) is 0 Å². The van der Waals surface area contributed by atoms with Crippen LogP contribution in [0.25, 0.3) is 0 Å². The zero-order chi connectivity index (χ0) is 36.6. The highest BCUT2D eigenvalue weighted by Crippen LogP contribution is 2.66. The van der Waals surface area contributed by atoms with Crippen LogP contribution in [0.4, 0.5) is 0 Å². The van der Waals surface area contributed by atoms with Gasteiger partial charge in [0.15, 0.2) is 0 Å². The molecule has 0 amide bonds. The predicted molar refractivity (Wildman–Crippen MR) is 217 cm³/mol. The normalized spacial score (nSPS) is 32.7. The number of ether oxygens (including phenoxy) is 2. The van der Waals surface area contributed by atoms with E-state index in [2.05, 4.69) is 126 Å². The van der Waals surface area contributed by atoms with Gasteiger partial charge in [0.25, 0.3) is 0 Å². The lowest BCUT2D eigenvalue weighted by Gasteiger charge is -2.61. The van der Waals surface area contributed by atoms with Crippen LogP contribution in [0.3, 0.4) is 0 Å². The van der Waals surface area contributed by atoms with E-state index in [1.165, 1.54) is 87.3 Å². The number of hydrogen-bond acceptors (Lipinski definition) is 2. The van der Waals surface area contributed by atoms with Gasteiger partial charge >= 0.3 is 0 Å². The molecule has 4 aliphatic carbocycles. The molecule has 0 unspecified atom stereocenters. The third-order valence-corrected chi connectivity index (χ3v) is 15.6. The minimum absolute atomic E-state index is 0.126. The fourth-order valence-corrected chi connectivity index (χ4v) is 11.8. The molecule has 0 saturated heterocycles. The monoisotopic (exact) mass is 699 g/mol. The molecule has 7 atom stereocenters. The van der Waals surface area contributed by atoms with Crippen LogP contribution in [0.15, 0.2) is 103 Å². The molecule has 52 heavy (non-hydrogen) atoms. The Bertz CT molecular complexity index is 1720. The highest BCUT2D eigenvalue weighted by atomic mass is 16.5. The van der Waals surface area contributed by atoms with Gasteiger partial charge in [-0.1, -0.05) is 132 Å². The topological polar surface area (TPSA) is 18.5 Å². The molecule has 0 aliphatic heterocycles. The summed E-state index contributed by atoms with van der Waals surface area (Å²) in [7, 11) is 0. The quantitative estimate of drug-likeness (QED) is 0.186. The van der Waals surface area contributed by atoms with Gasteiger partial charge in [-0.05, 0) is 151 Å². The standard InChI is InChI=1S/C50H66O2/c1-36-23-25-43-44(21-15-28-47(43,4)5)48(36,6)30-31-50-29-27-37(2)49(7,46(50)22-14-16-38(50)3)33-41-32-42(51-34-39-17-10-8-11-18-39)24-26-45(41)52-35-40-19-12-9-13-20-40/h8-13,17-20,24-26,32,36-37,44,46H,3,14-16,21-23,27-31,33-35H2,1-2,4-7H3/t36-,37+,44+,46-,48+,49+,50+/m0/s1. The minimum Gasteiger partial charge on any atom is -0.489 e. The van der Waals surface area contributed by atoms with Gasteiger partial charge in [0.1, 0.15) is 24.7 Å². The Morgan fingerprint density at radius 1 is 0.712 bits per heavy atom. The molecule has 3 fully saturated rings. The first kappa shape index (κ1) is 37.1. The van der Waals surface area contributed by atoms with Gasteiger partial charge in [-0.25, -0.2) is 0 Å². The van der Waals surface area contributed by atoms with Crippen LogP contribution in [0.2, 0.25) is 0 Å². The molecule has 0 aromatic heterocycles. The third-order valence-electron chi connectivity index (χ3n) is 15.6. The van der Waals surface area contributed by atoms with E-state index in [1.807, 2.05) is 0 Å². The number of rotatable bonds is 11. The summed E-state index contributed by atoms with van der Waals surface area (Å²) in [5.74, 6) is 4.60. The summed E-state index contributed by atoms with van der Waals surface area (Å²) in [6.45, 7) is 21.6. The maximum Gasteiger partial charge on any atom is 0.123 e. The lowest BCUT2D eigenvalue weighted by atomic mass is 9.43. The van der Waals surface area contributed by atoms with Crippen molar-refractivity contribution < 1.29 is 9.47 Å². The van der Waals surface area contributed by atoms with Crippen molar-refractivity contribution in [3.8, 4) is 11.5 Å². The molecule has 0 bridgehead atoms. The number of hydrogen-bond donors (Lipinski definition) is 0. The second kappa shape index (κ2) is 14.9. The fourth-order valence-electron chi connectivity index (χ4n) is 11.8. The minimum atomic E-state index is 0.126. The van der Waals surface area contributed by atoms with Crippen molar-refractivity contribution in [2.45, 2.75) is 132 Å². The van der Waals surface area contributed by atoms with Crippen molar-refractivity contribution in [1.29, 1.82) is 0 Å². The Balaban J connectivity index is 1.19. The zero-order valence-electron chi connectivity index (χ0n) is 33.3. The smallest absolute Gasteiger partial charge is 0.123 e. The average molecular weight is 699 g/mol. The predicted octanol–water partition coefficient (Wildman–Crippen LogP) is 13.7. The first-order valence-electron chi connectivity index (χ1n) is 20.8. The van der Waals surface area contributed by atoms with Gasteiger partial charge in [0.05, 0.1) is 0 Å². The van der Waals surface area contributed by atoms with Gasteiger partial charge in [0.2, 0.25) is 0 Å². The van der Waals surface area contributed by atoms with Crippen molar-refractivity contribution in [3.63, 3.8) is 0 Å². The van der Waals surface area contributed by atoms with Gasteiger partial charge in [-0.15, -0.1) is 0 Å². The van der Waals surface area contributed by atoms with Crippen LogP contribution in [0.5, 0.6) is 11.5 Å². The maximum atomic E-state index is 6.69. The van der Waals surface area contributed by atoms with Crippen LogP contribution in [0.1, 0.15) is 129 Å². The summed E-state index contributed by atoms with van der Waals surface area (Å²) in [6.07, 6.45) is 17.9. The lowest BCUT2D eigenvalue weighted by molar-refractivity contribution is -0.0732. The van der Waals surface area contributed by atoms with Crippen LogP contribution >= 0.6 is 0 Å². The van der Waals surface area contributed by atoms with Crippen LogP contribution < -0.4 is 9.47 Å². The molecule has 7 rings (SSSR count). The highest BCUT2D eigenvalue weighted by molar-refractivity contribution is 5.42. The summed E-state index contributed by atoms with van der Waals surface area (Å²) < 4.78 is 13.1. The summed E-state index contributed by atoms with van der Waals surface area (Å²) >= 11 is 0. The fraction of sp³-hybridized carbons (Fsp3) is 0.560. The van der Waals surface area contributed by atoms with E-state index < -0.39 is 0 Å². The molecule has 0 N–H and O–H groups in total. The molecule has 2 heteroatoms.